The van der Waals surface area contributed by atoms with Gasteiger partial charge in [-0.25, -0.2) is 4.98 Å². The highest BCUT2D eigenvalue weighted by molar-refractivity contribution is 5.48. The molecule has 0 saturated heterocycles. The molecule has 8 nitrogen and oxygen atoms in total. The molecule has 0 unspecified atom stereocenters. The average molecular weight is 320 g/mol. The zero-order chi connectivity index (χ0) is 16.8. The van der Waals surface area contributed by atoms with Gasteiger partial charge in [-0.1, -0.05) is 18.2 Å². The van der Waals surface area contributed by atoms with Gasteiger partial charge in [0.05, 0.1) is 23.4 Å². The van der Waals surface area contributed by atoms with E-state index in [4.69, 9.17) is 0 Å². The molecule has 0 aliphatic rings. The summed E-state index contributed by atoms with van der Waals surface area (Å²) in [5, 5.41) is 25.3. The third-order valence-corrected chi connectivity index (χ3v) is 2.96. The van der Waals surface area contributed by atoms with Gasteiger partial charge in [-0.05, 0) is 36.4 Å². The quantitative estimate of drug-likeness (QED) is 0.698. The molecule has 0 amide bonds. The van der Waals surface area contributed by atoms with Gasteiger partial charge in [0.15, 0.2) is 0 Å². The highest BCUT2D eigenvalue weighted by Gasteiger charge is 2.05. The zero-order valence-electron chi connectivity index (χ0n) is 12.4. The van der Waals surface area contributed by atoms with Crippen LogP contribution in [0.1, 0.15) is 0 Å². The van der Waals surface area contributed by atoms with Gasteiger partial charge in [-0.15, -0.1) is 5.11 Å². The second-order valence-electron chi connectivity index (χ2n) is 4.66. The van der Waals surface area contributed by atoms with E-state index in [0.29, 0.717) is 11.4 Å². The van der Waals surface area contributed by atoms with E-state index in [-0.39, 0.29) is 5.69 Å². The van der Waals surface area contributed by atoms with Crippen LogP contribution in [-0.4, -0.2) is 15.1 Å². The van der Waals surface area contributed by atoms with Crippen LogP contribution in [0.3, 0.4) is 0 Å². The van der Waals surface area contributed by atoms with Crippen molar-refractivity contribution in [3.05, 3.63) is 71.3 Å². The summed E-state index contributed by atoms with van der Waals surface area (Å²) in [6.07, 6.45) is 1.09. The standard InChI is InChI=1S/C16H12N6O2/c23-15-14(16(24)18-10-17-15)22-21-13-8-6-12(7-9-13)20-19-11-4-2-1-3-5-11/h1-10H,(H2,17,18,23,24). The molecule has 2 N–H and O–H groups in total. The number of hydrogen-bond donors (Lipinski definition) is 2. The fourth-order valence-corrected chi connectivity index (χ4v) is 1.78. The molecule has 3 aromatic rings. The topological polar surface area (TPSA) is 115 Å². The Bertz CT molecular complexity index is 933. The minimum Gasteiger partial charge on any atom is -0.492 e. The third-order valence-electron chi connectivity index (χ3n) is 2.96. The lowest BCUT2D eigenvalue weighted by atomic mass is 10.3. The maximum Gasteiger partial charge on any atom is 0.282 e. The molecule has 0 aliphatic carbocycles. The fraction of sp³-hybridized carbons (Fsp3) is 0. The molecule has 2 aromatic carbocycles. The Morgan fingerprint density at radius 3 is 1.92 bits per heavy atom. The number of azo groups is 2. The number of benzene rings is 2. The van der Waals surface area contributed by atoms with E-state index in [9.17, 15) is 9.90 Å². The average Bonchev–Trinajstić information content (AvgIpc) is 2.61. The highest BCUT2D eigenvalue weighted by atomic mass is 16.3. The van der Waals surface area contributed by atoms with Gasteiger partial charge in [0.1, 0.15) is 0 Å². The van der Waals surface area contributed by atoms with Crippen LogP contribution in [0.25, 0.3) is 0 Å². The number of aromatic hydroxyl groups is 1. The van der Waals surface area contributed by atoms with E-state index >= 15 is 0 Å². The van der Waals surface area contributed by atoms with E-state index in [1.165, 1.54) is 0 Å². The van der Waals surface area contributed by atoms with Gasteiger partial charge in [0, 0.05) is 0 Å². The lowest BCUT2D eigenvalue weighted by molar-refractivity contribution is 0.452. The number of H-pyrrole nitrogens is 1. The summed E-state index contributed by atoms with van der Waals surface area (Å²) >= 11 is 0. The van der Waals surface area contributed by atoms with Crippen LogP contribution in [0.15, 0.2) is 86.2 Å². The molecule has 3 rings (SSSR count). The van der Waals surface area contributed by atoms with Crippen molar-refractivity contribution < 1.29 is 5.11 Å². The molecule has 0 radical (unpaired) electrons. The Morgan fingerprint density at radius 1 is 0.792 bits per heavy atom. The van der Waals surface area contributed by atoms with Crippen molar-refractivity contribution >= 4 is 22.7 Å². The molecular formula is C16H12N6O2. The molecule has 0 saturated carbocycles. The van der Waals surface area contributed by atoms with E-state index in [1.807, 2.05) is 30.3 Å². The molecule has 0 aliphatic heterocycles. The van der Waals surface area contributed by atoms with E-state index in [2.05, 4.69) is 30.4 Å². The summed E-state index contributed by atoms with van der Waals surface area (Å²) in [4.78, 5) is 17.3. The lowest BCUT2D eigenvalue weighted by Crippen LogP contribution is -2.04. The van der Waals surface area contributed by atoms with Crippen LogP contribution in [0.5, 0.6) is 5.88 Å². The Morgan fingerprint density at radius 2 is 1.33 bits per heavy atom. The summed E-state index contributed by atoms with van der Waals surface area (Å²) in [5.74, 6) is -0.476. The van der Waals surface area contributed by atoms with Crippen LogP contribution < -0.4 is 5.56 Å². The summed E-state index contributed by atoms with van der Waals surface area (Å²) in [7, 11) is 0. The fourth-order valence-electron chi connectivity index (χ4n) is 1.78. The second kappa shape index (κ2) is 7.05. The van der Waals surface area contributed by atoms with Gasteiger partial charge in [0.25, 0.3) is 5.56 Å². The van der Waals surface area contributed by atoms with Crippen LogP contribution >= 0.6 is 0 Å². The molecule has 0 spiro atoms. The van der Waals surface area contributed by atoms with Crippen LogP contribution in [-0.2, 0) is 0 Å². The predicted octanol–water partition coefficient (Wildman–Crippen LogP) is 4.31. The Hall–Kier alpha value is -3.68. The van der Waals surface area contributed by atoms with Crippen molar-refractivity contribution in [1.82, 2.24) is 9.97 Å². The minimum absolute atomic E-state index is 0.245. The maximum absolute atomic E-state index is 11.5. The minimum atomic E-state index is -0.570. The molecule has 0 bridgehead atoms. The summed E-state index contributed by atoms with van der Waals surface area (Å²) in [6, 6.07) is 16.1. The van der Waals surface area contributed by atoms with Crippen molar-refractivity contribution in [2.75, 3.05) is 0 Å². The molecular weight excluding hydrogens is 308 g/mol. The molecule has 0 fully saturated rings. The van der Waals surface area contributed by atoms with Crippen molar-refractivity contribution in [2.24, 2.45) is 20.5 Å². The highest BCUT2D eigenvalue weighted by Crippen LogP contribution is 2.24. The normalized spacial score (nSPS) is 11.3. The summed E-state index contributed by atoms with van der Waals surface area (Å²) in [6.45, 7) is 0. The monoisotopic (exact) mass is 320 g/mol. The summed E-state index contributed by atoms with van der Waals surface area (Å²) in [5.41, 5.74) is 1.09. The number of rotatable bonds is 4. The van der Waals surface area contributed by atoms with Crippen molar-refractivity contribution in [3.63, 3.8) is 0 Å². The first-order valence-corrected chi connectivity index (χ1v) is 6.97. The third kappa shape index (κ3) is 3.74. The largest absolute Gasteiger partial charge is 0.492 e. The van der Waals surface area contributed by atoms with E-state index in [0.717, 1.165) is 12.0 Å². The SMILES string of the molecule is O=c1[nH]cnc(O)c1N=Nc1ccc(N=Nc2ccccc2)cc1. The Labute approximate surface area is 136 Å². The predicted molar refractivity (Wildman–Crippen MR) is 87.8 cm³/mol. The number of aromatic nitrogens is 2. The number of aromatic amines is 1. The van der Waals surface area contributed by atoms with Crippen LogP contribution in [0.2, 0.25) is 0 Å². The van der Waals surface area contributed by atoms with Gasteiger partial charge < -0.3 is 10.1 Å². The number of nitrogens with one attached hydrogen (secondary N) is 1. The zero-order valence-corrected chi connectivity index (χ0v) is 12.4. The molecule has 0 atom stereocenters. The number of nitrogens with zero attached hydrogens (tertiary/aromatic N) is 5. The van der Waals surface area contributed by atoms with Gasteiger partial charge >= 0.3 is 0 Å². The molecule has 1 aromatic heterocycles. The van der Waals surface area contributed by atoms with Gasteiger partial charge in [-0.2, -0.15) is 15.3 Å². The van der Waals surface area contributed by atoms with Crippen molar-refractivity contribution in [3.8, 4) is 5.88 Å². The van der Waals surface area contributed by atoms with Crippen molar-refractivity contribution in [1.29, 1.82) is 0 Å². The first kappa shape index (κ1) is 15.2. The Balaban J connectivity index is 1.74. The molecule has 1 heterocycles. The summed E-state index contributed by atoms with van der Waals surface area (Å²) < 4.78 is 0. The molecule has 8 heteroatoms. The van der Waals surface area contributed by atoms with Crippen LogP contribution in [0, 0.1) is 0 Å². The Kier molecular flexibility index (Phi) is 4.47. The first-order chi connectivity index (χ1) is 11.7. The maximum atomic E-state index is 11.5. The van der Waals surface area contributed by atoms with E-state index in [1.54, 1.807) is 24.3 Å². The second-order valence-corrected chi connectivity index (χ2v) is 4.66. The number of hydrogen-bond acceptors (Lipinski definition) is 7. The van der Waals surface area contributed by atoms with Gasteiger partial charge in [0.2, 0.25) is 11.6 Å². The van der Waals surface area contributed by atoms with Gasteiger partial charge in [-0.3, -0.25) is 4.79 Å². The van der Waals surface area contributed by atoms with Crippen molar-refractivity contribution in [2.45, 2.75) is 0 Å². The molecule has 118 valence electrons. The molecule has 24 heavy (non-hydrogen) atoms. The van der Waals surface area contributed by atoms with E-state index < -0.39 is 11.4 Å². The lowest BCUT2D eigenvalue weighted by Gasteiger charge is -1.96. The van der Waals surface area contributed by atoms with Crippen LogP contribution in [0.4, 0.5) is 22.7 Å². The first-order valence-electron chi connectivity index (χ1n) is 6.97. The smallest absolute Gasteiger partial charge is 0.282 e.